The Bertz CT molecular complexity index is 607. The van der Waals surface area contributed by atoms with E-state index in [1.807, 2.05) is 6.07 Å². The topological polar surface area (TPSA) is 33.0 Å². The van der Waals surface area contributed by atoms with Gasteiger partial charge in [0.05, 0.1) is 5.56 Å². The van der Waals surface area contributed by atoms with Gasteiger partial charge in [-0.1, -0.05) is 18.2 Å². The summed E-state index contributed by atoms with van der Waals surface area (Å²) in [6.45, 7) is 0. The van der Waals surface area contributed by atoms with Gasteiger partial charge >= 0.3 is 0 Å². The van der Waals surface area contributed by atoms with Crippen molar-refractivity contribution in [3.05, 3.63) is 59.4 Å². The standard InChI is InChI=1S/C14H9ClFNO/c15-8-10-5-6-14(12(16)7-10)18-13-4-2-1-3-11(13)9-17/h1-7H,8H2. The summed E-state index contributed by atoms with van der Waals surface area (Å²) in [5.41, 5.74) is 1.04. The van der Waals surface area contributed by atoms with E-state index in [1.165, 1.54) is 12.1 Å². The molecule has 0 saturated carbocycles. The van der Waals surface area contributed by atoms with Crippen molar-refractivity contribution < 1.29 is 9.13 Å². The molecule has 2 nitrogen and oxygen atoms in total. The molecule has 0 aliphatic carbocycles. The third-order valence-electron chi connectivity index (χ3n) is 2.38. The van der Waals surface area contributed by atoms with Crippen molar-refractivity contribution in [2.24, 2.45) is 0 Å². The van der Waals surface area contributed by atoms with Crippen molar-refractivity contribution in [1.29, 1.82) is 5.26 Å². The summed E-state index contributed by atoms with van der Waals surface area (Å²) in [6.07, 6.45) is 0. The molecule has 2 rings (SSSR count). The quantitative estimate of drug-likeness (QED) is 0.775. The number of ether oxygens (including phenoxy) is 1. The molecule has 0 atom stereocenters. The number of benzene rings is 2. The molecule has 0 radical (unpaired) electrons. The van der Waals surface area contributed by atoms with Gasteiger partial charge in [-0.3, -0.25) is 0 Å². The maximum atomic E-state index is 13.7. The van der Waals surface area contributed by atoms with E-state index < -0.39 is 5.82 Å². The number of hydrogen-bond donors (Lipinski definition) is 0. The van der Waals surface area contributed by atoms with Gasteiger partial charge in [-0.25, -0.2) is 4.39 Å². The summed E-state index contributed by atoms with van der Waals surface area (Å²) in [7, 11) is 0. The normalized spacial score (nSPS) is 9.83. The van der Waals surface area contributed by atoms with Gasteiger partial charge in [0.1, 0.15) is 11.8 Å². The zero-order valence-corrected chi connectivity index (χ0v) is 10.1. The Hall–Kier alpha value is -2.05. The van der Waals surface area contributed by atoms with Crippen LogP contribution in [0.5, 0.6) is 11.5 Å². The molecule has 4 heteroatoms. The highest BCUT2D eigenvalue weighted by Gasteiger charge is 2.08. The molecular formula is C14H9ClFNO. The Morgan fingerprint density at radius 1 is 1.17 bits per heavy atom. The van der Waals surface area contributed by atoms with Gasteiger partial charge in [0.25, 0.3) is 0 Å². The number of para-hydroxylation sites is 1. The van der Waals surface area contributed by atoms with Crippen LogP contribution in [0.1, 0.15) is 11.1 Å². The van der Waals surface area contributed by atoms with Crippen molar-refractivity contribution in [1.82, 2.24) is 0 Å². The zero-order chi connectivity index (χ0) is 13.0. The van der Waals surface area contributed by atoms with E-state index in [-0.39, 0.29) is 11.6 Å². The molecule has 0 saturated heterocycles. The summed E-state index contributed by atoms with van der Waals surface area (Å²) in [5.74, 6) is 0.149. The Balaban J connectivity index is 2.32. The molecule has 90 valence electrons. The molecule has 2 aromatic rings. The lowest BCUT2D eigenvalue weighted by Gasteiger charge is -2.08. The first kappa shape index (κ1) is 12.4. The highest BCUT2D eigenvalue weighted by atomic mass is 35.5. The first-order valence-corrected chi connectivity index (χ1v) is 5.79. The Kier molecular flexibility index (Phi) is 3.81. The largest absolute Gasteiger partial charge is 0.453 e. The fraction of sp³-hybridized carbons (Fsp3) is 0.0714. The van der Waals surface area contributed by atoms with Crippen LogP contribution in [-0.4, -0.2) is 0 Å². The van der Waals surface area contributed by atoms with Crippen molar-refractivity contribution in [2.75, 3.05) is 0 Å². The van der Waals surface area contributed by atoms with Crippen molar-refractivity contribution in [3.63, 3.8) is 0 Å². The van der Waals surface area contributed by atoms with Gasteiger partial charge in [-0.15, -0.1) is 11.6 Å². The smallest absolute Gasteiger partial charge is 0.166 e. The summed E-state index contributed by atoms with van der Waals surface area (Å²) >= 11 is 5.61. The molecular weight excluding hydrogens is 253 g/mol. The molecule has 0 aliphatic rings. The molecule has 0 amide bonds. The van der Waals surface area contributed by atoms with Crippen LogP contribution in [-0.2, 0) is 5.88 Å². The second kappa shape index (κ2) is 5.52. The van der Waals surface area contributed by atoms with E-state index in [2.05, 4.69) is 0 Å². The second-order valence-corrected chi connectivity index (χ2v) is 3.88. The summed E-state index contributed by atoms with van der Waals surface area (Å²) < 4.78 is 19.1. The van der Waals surface area contributed by atoms with E-state index in [0.29, 0.717) is 16.9 Å². The first-order chi connectivity index (χ1) is 8.74. The van der Waals surface area contributed by atoms with Gasteiger partial charge in [-0.2, -0.15) is 5.26 Å². The van der Waals surface area contributed by atoms with E-state index in [9.17, 15) is 4.39 Å². The lowest BCUT2D eigenvalue weighted by atomic mass is 10.2. The monoisotopic (exact) mass is 261 g/mol. The van der Waals surface area contributed by atoms with E-state index in [1.54, 1.807) is 30.3 Å². The number of nitrogens with zero attached hydrogens (tertiary/aromatic N) is 1. The van der Waals surface area contributed by atoms with Crippen LogP contribution in [0, 0.1) is 17.1 Å². The average molecular weight is 262 g/mol. The van der Waals surface area contributed by atoms with Crippen LogP contribution in [0.25, 0.3) is 0 Å². The summed E-state index contributed by atoms with van der Waals surface area (Å²) in [5, 5.41) is 8.91. The predicted octanol–water partition coefficient (Wildman–Crippen LogP) is 4.23. The number of nitriles is 1. The molecule has 0 N–H and O–H groups in total. The van der Waals surface area contributed by atoms with Crippen molar-refractivity contribution >= 4 is 11.6 Å². The molecule has 0 spiro atoms. The minimum absolute atomic E-state index is 0.0755. The molecule has 2 aromatic carbocycles. The fourth-order valence-corrected chi connectivity index (χ4v) is 1.64. The number of hydrogen-bond acceptors (Lipinski definition) is 2. The molecule has 0 aromatic heterocycles. The molecule has 0 unspecified atom stereocenters. The third-order valence-corrected chi connectivity index (χ3v) is 2.69. The maximum Gasteiger partial charge on any atom is 0.166 e. The minimum Gasteiger partial charge on any atom is -0.453 e. The molecule has 18 heavy (non-hydrogen) atoms. The highest BCUT2D eigenvalue weighted by molar-refractivity contribution is 6.17. The van der Waals surface area contributed by atoms with E-state index >= 15 is 0 Å². The number of rotatable bonds is 3. The number of alkyl halides is 1. The lowest BCUT2D eigenvalue weighted by Crippen LogP contribution is -1.92. The van der Waals surface area contributed by atoms with Crippen LogP contribution in [0.2, 0.25) is 0 Å². The van der Waals surface area contributed by atoms with Crippen molar-refractivity contribution in [2.45, 2.75) is 5.88 Å². The first-order valence-electron chi connectivity index (χ1n) is 5.26. The van der Waals surface area contributed by atoms with Crippen LogP contribution in [0.3, 0.4) is 0 Å². The van der Waals surface area contributed by atoms with Gasteiger partial charge < -0.3 is 4.74 Å². The molecule has 0 bridgehead atoms. The van der Waals surface area contributed by atoms with Crippen LogP contribution < -0.4 is 4.74 Å². The zero-order valence-electron chi connectivity index (χ0n) is 9.36. The summed E-state index contributed by atoms with van der Waals surface area (Å²) in [6, 6.07) is 13.2. The lowest BCUT2D eigenvalue weighted by molar-refractivity contribution is 0.441. The van der Waals surface area contributed by atoms with E-state index in [0.717, 1.165) is 0 Å². The van der Waals surface area contributed by atoms with Gasteiger partial charge in [0.15, 0.2) is 11.6 Å². The highest BCUT2D eigenvalue weighted by Crippen LogP contribution is 2.27. The fourth-order valence-electron chi connectivity index (χ4n) is 1.48. The van der Waals surface area contributed by atoms with E-state index in [4.69, 9.17) is 21.6 Å². The van der Waals surface area contributed by atoms with Crippen molar-refractivity contribution in [3.8, 4) is 17.6 Å². The summed E-state index contributed by atoms with van der Waals surface area (Å²) in [4.78, 5) is 0. The molecule has 0 heterocycles. The average Bonchev–Trinajstić information content (AvgIpc) is 2.41. The molecule has 0 fully saturated rings. The van der Waals surface area contributed by atoms with Crippen LogP contribution in [0.15, 0.2) is 42.5 Å². The SMILES string of the molecule is N#Cc1ccccc1Oc1ccc(CCl)cc1F. The van der Waals surface area contributed by atoms with Gasteiger partial charge in [-0.05, 0) is 29.8 Å². The molecule has 0 aliphatic heterocycles. The minimum atomic E-state index is -0.499. The number of halogens is 2. The second-order valence-electron chi connectivity index (χ2n) is 3.61. The Labute approximate surface area is 109 Å². The van der Waals surface area contributed by atoms with Crippen LogP contribution >= 0.6 is 11.6 Å². The van der Waals surface area contributed by atoms with Crippen LogP contribution in [0.4, 0.5) is 4.39 Å². The maximum absolute atomic E-state index is 13.7. The predicted molar refractivity (Wildman–Crippen MR) is 67.2 cm³/mol. The Morgan fingerprint density at radius 2 is 1.94 bits per heavy atom. The third kappa shape index (κ3) is 2.61. The van der Waals surface area contributed by atoms with Gasteiger partial charge in [0, 0.05) is 5.88 Å². The van der Waals surface area contributed by atoms with Gasteiger partial charge in [0.2, 0.25) is 0 Å². The Morgan fingerprint density at radius 3 is 2.61 bits per heavy atom.